The third-order valence-electron chi connectivity index (χ3n) is 4.42. The van der Waals surface area contributed by atoms with Crippen molar-refractivity contribution >= 4 is 5.97 Å². The van der Waals surface area contributed by atoms with Crippen molar-refractivity contribution in [2.75, 3.05) is 26.4 Å². The van der Waals surface area contributed by atoms with E-state index in [1.54, 1.807) is 0 Å². The van der Waals surface area contributed by atoms with Crippen LogP contribution in [0.2, 0.25) is 0 Å². The maximum absolute atomic E-state index is 11.6. The first-order chi connectivity index (χ1) is 9.77. The van der Waals surface area contributed by atoms with Crippen LogP contribution in [0.1, 0.15) is 58.3 Å². The topological polar surface area (TPSA) is 48.1 Å². The monoisotopic (exact) mass is 284 g/mol. The Morgan fingerprint density at radius 2 is 2.05 bits per heavy atom. The van der Waals surface area contributed by atoms with Crippen molar-refractivity contribution in [3.05, 3.63) is 0 Å². The van der Waals surface area contributed by atoms with Crippen molar-refractivity contribution in [2.45, 2.75) is 63.9 Å². The second-order valence-corrected chi connectivity index (χ2v) is 6.01. The Hall–Kier alpha value is -0.610. The zero-order chi connectivity index (χ0) is 14.3. The highest BCUT2D eigenvalue weighted by Crippen LogP contribution is 2.32. The lowest BCUT2D eigenvalue weighted by molar-refractivity contribution is -0.150. The highest BCUT2D eigenvalue weighted by Gasteiger charge is 2.53. The first kappa shape index (κ1) is 15.8. The molecule has 1 aliphatic carbocycles. The van der Waals surface area contributed by atoms with Gasteiger partial charge in [0.1, 0.15) is 0 Å². The number of hydrogen-bond acceptors (Lipinski definition) is 4. The van der Waals surface area contributed by atoms with E-state index in [1.807, 2.05) is 6.92 Å². The molecule has 0 aromatic carbocycles. The average molecular weight is 284 g/mol. The Kier molecular flexibility index (Phi) is 6.30. The molecule has 0 spiro atoms. The van der Waals surface area contributed by atoms with Gasteiger partial charge in [-0.25, -0.2) is 4.79 Å². The number of ether oxygens (including phenoxy) is 3. The molecule has 116 valence electrons. The minimum atomic E-state index is -0.680. The summed E-state index contributed by atoms with van der Waals surface area (Å²) in [7, 11) is 0. The molecule has 2 rings (SSSR count). The van der Waals surface area contributed by atoms with Crippen molar-refractivity contribution in [1.29, 1.82) is 0 Å². The number of epoxide rings is 1. The van der Waals surface area contributed by atoms with Crippen molar-refractivity contribution in [1.82, 2.24) is 0 Å². The van der Waals surface area contributed by atoms with E-state index in [4.69, 9.17) is 14.2 Å². The fraction of sp³-hybridized carbons (Fsp3) is 0.938. The number of carbonyl (C=O) groups excluding carboxylic acids is 1. The van der Waals surface area contributed by atoms with Gasteiger partial charge in [0.05, 0.1) is 13.2 Å². The van der Waals surface area contributed by atoms with E-state index >= 15 is 0 Å². The summed E-state index contributed by atoms with van der Waals surface area (Å²) in [5.74, 6) is 0.788. The number of rotatable bonds is 11. The summed E-state index contributed by atoms with van der Waals surface area (Å²) >= 11 is 0. The molecule has 4 heteroatoms. The van der Waals surface area contributed by atoms with Crippen LogP contribution < -0.4 is 0 Å². The number of hydrogen-bond donors (Lipinski definition) is 0. The molecule has 0 aromatic rings. The third-order valence-corrected chi connectivity index (χ3v) is 4.42. The molecule has 0 N–H and O–H groups in total. The van der Waals surface area contributed by atoms with E-state index in [9.17, 15) is 4.79 Å². The maximum Gasteiger partial charge on any atom is 0.340 e. The van der Waals surface area contributed by atoms with Crippen LogP contribution in [-0.4, -0.2) is 38.0 Å². The number of carbonyl (C=O) groups is 1. The summed E-state index contributed by atoms with van der Waals surface area (Å²) in [5, 5.41) is 0. The summed E-state index contributed by atoms with van der Waals surface area (Å²) in [6.07, 6.45) is 10.1. The quantitative estimate of drug-likeness (QED) is 0.332. The zero-order valence-corrected chi connectivity index (χ0v) is 12.7. The first-order valence-electron chi connectivity index (χ1n) is 8.16. The SMILES string of the molecule is CCOC(=O)C1(CCOCCCCCC2CCC2)CO1. The molecule has 2 fully saturated rings. The lowest BCUT2D eigenvalue weighted by Crippen LogP contribution is -2.28. The fourth-order valence-corrected chi connectivity index (χ4v) is 2.65. The second kappa shape index (κ2) is 7.99. The summed E-state index contributed by atoms with van der Waals surface area (Å²) < 4.78 is 15.8. The fourth-order valence-electron chi connectivity index (χ4n) is 2.65. The van der Waals surface area contributed by atoms with Gasteiger partial charge in [-0.05, 0) is 19.3 Å². The molecular weight excluding hydrogens is 256 g/mol. The lowest BCUT2D eigenvalue weighted by atomic mass is 9.82. The van der Waals surface area contributed by atoms with Crippen LogP contribution >= 0.6 is 0 Å². The molecule has 0 amide bonds. The van der Waals surface area contributed by atoms with Crippen LogP contribution in [0.4, 0.5) is 0 Å². The van der Waals surface area contributed by atoms with Gasteiger partial charge in [-0.3, -0.25) is 0 Å². The van der Waals surface area contributed by atoms with Gasteiger partial charge in [0.25, 0.3) is 0 Å². The minimum absolute atomic E-state index is 0.232. The Balaban J connectivity index is 1.40. The summed E-state index contributed by atoms with van der Waals surface area (Å²) in [6.45, 7) is 4.08. The first-order valence-corrected chi connectivity index (χ1v) is 8.16. The molecule has 0 radical (unpaired) electrons. The van der Waals surface area contributed by atoms with E-state index in [0.717, 1.165) is 18.9 Å². The molecule has 1 unspecified atom stereocenters. The van der Waals surface area contributed by atoms with Crippen molar-refractivity contribution < 1.29 is 19.0 Å². The zero-order valence-electron chi connectivity index (χ0n) is 12.7. The molecular formula is C16H28O4. The lowest BCUT2D eigenvalue weighted by Gasteiger charge is -2.24. The molecule has 1 saturated carbocycles. The van der Waals surface area contributed by atoms with Crippen molar-refractivity contribution in [3.8, 4) is 0 Å². The van der Waals surface area contributed by atoms with E-state index in [-0.39, 0.29) is 5.97 Å². The Morgan fingerprint density at radius 3 is 2.65 bits per heavy atom. The van der Waals surface area contributed by atoms with Crippen molar-refractivity contribution in [2.24, 2.45) is 5.92 Å². The van der Waals surface area contributed by atoms with Crippen LogP contribution in [0.15, 0.2) is 0 Å². The predicted molar refractivity (Wildman–Crippen MR) is 76.6 cm³/mol. The molecule has 4 nitrogen and oxygen atoms in total. The van der Waals surface area contributed by atoms with Crippen LogP contribution in [-0.2, 0) is 19.0 Å². The van der Waals surface area contributed by atoms with Crippen LogP contribution in [0.3, 0.4) is 0 Å². The van der Waals surface area contributed by atoms with Gasteiger partial charge >= 0.3 is 5.97 Å². The highest BCUT2D eigenvalue weighted by molar-refractivity contribution is 5.82. The van der Waals surface area contributed by atoms with Gasteiger partial charge in [-0.1, -0.05) is 38.5 Å². The van der Waals surface area contributed by atoms with Gasteiger partial charge in [0.15, 0.2) is 5.60 Å². The van der Waals surface area contributed by atoms with Gasteiger partial charge in [0.2, 0.25) is 0 Å². The van der Waals surface area contributed by atoms with Gasteiger partial charge in [-0.15, -0.1) is 0 Å². The normalized spacial score (nSPS) is 25.2. The number of esters is 1. The van der Waals surface area contributed by atoms with Gasteiger partial charge in [0, 0.05) is 19.6 Å². The maximum atomic E-state index is 11.6. The minimum Gasteiger partial charge on any atom is -0.464 e. The smallest absolute Gasteiger partial charge is 0.340 e. The van der Waals surface area contributed by atoms with Gasteiger partial charge in [-0.2, -0.15) is 0 Å². The molecule has 1 heterocycles. The Morgan fingerprint density at radius 1 is 1.25 bits per heavy atom. The highest BCUT2D eigenvalue weighted by atomic mass is 16.6. The van der Waals surface area contributed by atoms with E-state index < -0.39 is 5.60 Å². The molecule has 0 bridgehead atoms. The number of unbranched alkanes of at least 4 members (excludes halogenated alkanes) is 2. The molecule has 2 aliphatic rings. The van der Waals surface area contributed by atoms with E-state index in [1.165, 1.54) is 38.5 Å². The Bertz CT molecular complexity index is 295. The molecule has 1 atom stereocenters. The second-order valence-electron chi connectivity index (χ2n) is 6.01. The standard InChI is InChI=1S/C16H28O4/c1-2-19-15(17)16(13-20-16)10-12-18-11-5-3-4-7-14-8-6-9-14/h14H,2-13H2,1H3. The summed E-state index contributed by atoms with van der Waals surface area (Å²) in [5.41, 5.74) is -0.680. The van der Waals surface area contributed by atoms with Crippen LogP contribution in [0, 0.1) is 5.92 Å². The predicted octanol–water partition coefficient (Wildman–Crippen LogP) is 3.09. The van der Waals surface area contributed by atoms with Crippen LogP contribution in [0.5, 0.6) is 0 Å². The molecule has 20 heavy (non-hydrogen) atoms. The molecule has 0 aromatic heterocycles. The molecule has 1 aliphatic heterocycles. The summed E-state index contributed by atoms with van der Waals surface area (Å²) in [6, 6.07) is 0. The van der Waals surface area contributed by atoms with E-state index in [2.05, 4.69) is 0 Å². The third kappa shape index (κ3) is 4.74. The van der Waals surface area contributed by atoms with Crippen molar-refractivity contribution in [3.63, 3.8) is 0 Å². The Labute approximate surface area is 122 Å². The largest absolute Gasteiger partial charge is 0.464 e. The van der Waals surface area contributed by atoms with Crippen LogP contribution in [0.25, 0.3) is 0 Å². The summed E-state index contributed by atoms with van der Waals surface area (Å²) in [4.78, 5) is 11.6. The molecule has 1 saturated heterocycles. The van der Waals surface area contributed by atoms with Gasteiger partial charge < -0.3 is 14.2 Å². The average Bonchev–Trinajstić information content (AvgIpc) is 3.16. The van der Waals surface area contributed by atoms with E-state index in [0.29, 0.717) is 26.2 Å².